The Morgan fingerprint density at radius 1 is 1.36 bits per heavy atom. The fourth-order valence-electron chi connectivity index (χ4n) is 3.52. The van der Waals surface area contributed by atoms with Gasteiger partial charge in [-0.05, 0) is 18.6 Å². The first-order valence-corrected chi connectivity index (χ1v) is 8.88. The van der Waals surface area contributed by atoms with E-state index in [0.29, 0.717) is 50.5 Å². The Morgan fingerprint density at radius 2 is 2.12 bits per heavy atom. The molecule has 1 N–H and O–H groups in total. The van der Waals surface area contributed by atoms with Gasteiger partial charge in [-0.3, -0.25) is 9.69 Å². The number of likely N-dealkylation sites (N-methyl/N-ethyl adjacent to an activating group) is 1. The molecule has 1 amide bonds. The summed E-state index contributed by atoms with van der Waals surface area (Å²) < 4.78 is 10.1. The van der Waals surface area contributed by atoms with E-state index in [9.17, 15) is 9.90 Å². The van der Waals surface area contributed by atoms with Crippen molar-refractivity contribution >= 4 is 5.91 Å². The van der Waals surface area contributed by atoms with Gasteiger partial charge in [-0.2, -0.15) is 0 Å². The number of nitrogens with zero attached hydrogens (tertiary/aromatic N) is 4. The summed E-state index contributed by atoms with van der Waals surface area (Å²) in [5, 5.41) is 14.6. The van der Waals surface area contributed by atoms with Gasteiger partial charge in [0, 0.05) is 58.2 Å². The molecule has 2 aliphatic rings. The normalized spacial score (nSPS) is 25.5. The highest BCUT2D eigenvalue weighted by Gasteiger charge is 2.39. The van der Waals surface area contributed by atoms with Crippen LogP contribution in [0.2, 0.25) is 0 Å². The largest absolute Gasteiger partial charge is 0.479 e. The molecule has 1 aromatic rings. The number of carbonyl (C=O) groups excluding carboxylic acids is 1. The van der Waals surface area contributed by atoms with Gasteiger partial charge in [0.05, 0.1) is 19.3 Å². The van der Waals surface area contributed by atoms with E-state index in [1.165, 1.54) is 7.11 Å². The summed E-state index contributed by atoms with van der Waals surface area (Å²) in [6.07, 6.45) is 1.48. The predicted octanol–water partition coefficient (Wildman–Crippen LogP) is -0.173. The smallest absolute Gasteiger partial charge is 0.254 e. The summed E-state index contributed by atoms with van der Waals surface area (Å²) in [5.41, 5.74) is -0.791. The zero-order valence-corrected chi connectivity index (χ0v) is 15.1. The van der Waals surface area contributed by atoms with Crippen LogP contribution in [-0.2, 0) is 11.2 Å². The zero-order chi connectivity index (χ0) is 17.9. The van der Waals surface area contributed by atoms with Gasteiger partial charge >= 0.3 is 0 Å². The second kappa shape index (κ2) is 7.72. The SMILES string of the molecule is COc1cc(CCC(=O)N2CC[C@@](O)(CN3CCN(C)CC3)C2)on1. The Morgan fingerprint density at radius 3 is 2.80 bits per heavy atom. The molecule has 1 aromatic heterocycles. The van der Waals surface area contributed by atoms with Gasteiger partial charge in [-0.1, -0.05) is 0 Å². The molecule has 0 aliphatic carbocycles. The number of methoxy groups -OCH3 is 1. The highest BCUT2D eigenvalue weighted by atomic mass is 16.5. The number of hydrogen-bond donors (Lipinski definition) is 1. The molecule has 0 aromatic carbocycles. The van der Waals surface area contributed by atoms with Crippen molar-refractivity contribution < 1.29 is 19.2 Å². The zero-order valence-electron chi connectivity index (χ0n) is 15.1. The molecule has 2 aliphatic heterocycles. The van der Waals surface area contributed by atoms with Gasteiger partial charge in [0.15, 0.2) is 0 Å². The average molecular weight is 352 g/mol. The molecule has 25 heavy (non-hydrogen) atoms. The maximum absolute atomic E-state index is 12.4. The molecule has 3 rings (SSSR count). The van der Waals surface area contributed by atoms with Crippen LogP contribution in [0.15, 0.2) is 10.6 Å². The van der Waals surface area contributed by atoms with E-state index in [4.69, 9.17) is 9.26 Å². The van der Waals surface area contributed by atoms with E-state index in [-0.39, 0.29) is 5.91 Å². The third-order valence-electron chi connectivity index (χ3n) is 5.13. The molecule has 8 heteroatoms. The van der Waals surface area contributed by atoms with Crippen molar-refractivity contribution in [2.45, 2.75) is 24.9 Å². The molecule has 2 saturated heterocycles. The summed E-state index contributed by atoms with van der Waals surface area (Å²) in [5.74, 6) is 1.10. The van der Waals surface area contributed by atoms with Crippen molar-refractivity contribution in [2.24, 2.45) is 0 Å². The van der Waals surface area contributed by atoms with Crippen molar-refractivity contribution in [1.29, 1.82) is 0 Å². The molecular weight excluding hydrogens is 324 g/mol. The first-order chi connectivity index (χ1) is 12.0. The van der Waals surface area contributed by atoms with Crippen LogP contribution in [0.3, 0.4) is 0 Å². The highest BCUT2D eigenvalue weighted by Crippen LogP contribution is 2.24. The van der Waals surface area contributed by atoms with E-state index in [1.807, 2.05) is 0 Å². The standard InChI is InChI=1S/C17H28N4O4/c1-19-7-9-20(10-8-19)12-17(23)5-6-21(13-17)16(22)4-3-14-11-15(24-2)18-25-14/h11,23H,3-10,12-13H2,1-2H3/t17-/m1/s1. The third-order valence-corrected chi connectivity index (χ3v) is 5.13. The first kappa shape index (κ1) is 18.2. The van der Waals surface area contributed by atoms with Gasteiger partial charge in [-0.15, -0.1) is 0 Å². The number of likely N-dealkylation sites (tertiary alicyclic amines) is 1. The number of hydrogen-bond acceptors (Lipinski definition) is 7. The van der Waals surface area contributed by atoms with Crippen LogP contribution < -0.4 is 4.74 Å². The Hall–Kier alpha value is -1.64. The molecule has 0 radical (unpaired) electrons. The van der Waals surface area contributed by atoms with Crippen LogP contribution in [0.5, 0.6) is 5.88 Å². The Bertz CT molecular complexity index is 585. The lowest BCUT2D eigenvalue weighted by Gasteiger charge is -2.36. The quantitative estimate of drug-likeness (QED) is 0.761. The number of aromatic nitrogens is 1. The van der Waals surface area contributed by atoms with Gasteiger partial charge < -0.3 is 24.2 Å². The van der Waals surface area contributed by atoms with Gasteiger partial charge in [0.2, 0.25) is 5.91 Å². The number of piperazine rings is 1. The van der Waals surface area contributed by atoms with Crippen LogP contribution in [0.25, 0.3) is 0 Å². The monoisotopic (exact) mass is 352 g/mol. The molecule has 0 spiro atoms. The number of β-amino-alcohol motifs (C(OH)–C–C–N with tert-alkyl or cyclic N) is 1. The molecule has 0 bridgehead atoms. The Labute approximate surface area is 148 Å². The highest BCUT2D eigenvalue weighted by molar-refractivity contribution is 5.76. The molecule has 140 valence electrons. The van der Waals surface area contributed by atoms with Crippen LogP contribution >= 0.6 is 0 Å². The summed E-state index contributed by atoms with van der Waals surface area (Å²) >= 11 is 0. The Kier molecular flexibility index (Phi) is 5.61. The minimum Gasteiger partial charge on any atom is -0.479 e. The van der Waals surface area contributed by atoms with Gasteiger partial charge in [0.1, 0.15) is 5.76 Å². The maximum Gasteiger partial charge on any atom is 0.254 e. The molecular formula is C17H28N4O4. The molecule has 0 saturated carbocycles. The summed E-state index contributed by atoms with van der Waals surface area (Å²) in [4.78, 5) is 18.8. The van der Waals surface area contributed by atoms with E-state index >= 15 is 0 Å². The van der Waals surface area contributed by atoms with Crippen molar-refractivity contribution in [2.75, 3.05) is 60.0 Å². The van der Waals surface area contributed by atoms with Gasteiger partial charge in [0.25, 0.3) is 5.88 Å². The minimum atomic E-state index is -0.791. The lowest BCUT2D eigenvalue weighted by molar-refractivity contribution is -0.131. The van der Waals surface area contributed by atoms with E-state index in [0.717, 1.165) is 26.2 Å². The molecule has 2 fully saturated rings. The first-order valence-electron chi connectivity index (χ1n) is 8.88. The van der Waals surface area contributed by atoms with E-state index in [1.54, 1.807) is 11.0 Å². The number of carbonyl (C=O) groups is 1. The van der Waals surface area contributed by atoms with Gasteiger partial charge in [-0.25, -0.2) is 0 Å². The number of aryl methyl sites for hydroxylation is 1. The minimum absolute atomic E-state index is 0.0460. The second-order valence-electron chi connectivity index (χ2n) is 7.20. The van der Waals surface area contributed by atoms with E-state index in [2.05, 4.69) is 22.0 Å². The van der Waals surface area contributed by atoms with Crippen molar-refractivity contribution in [3.8, 4) is 5.88 Å². The number of ether oxygens (including phenoxy) is 1. The van der Waals surface area contributed by atoms with Crippen LogP contribution in [0, 0.1) is 0 Å². The molecule has 0 unspecified atom stereocenters. The lowest BCUT2D eigenvalue weighted by atomic mass is 10.0. The predicted molar refractivity (Wildman–Crippen MR) is 91.5 cm³/mol. The van der Waals surface area contributed by atoms with Crippen molar-refractivity contribution in [1.82, 2.24) is 19.9 Å². The van der Waals surface area contributed by atoms with Crippen molar-refractivity contribution in [3.63, 3.8) is 0 Å². The van der Waals surface area contributed by atoms with E-state index < -0.39 is 5.60 Å². The fraction of sp³-hybridized carbons (Fsp3) is 0.765. The number of rotatable bonds is 6. The summed E-state index contributed by atoms with van der Waals surface area (Å²) in [6, 6.07) is 1.70. The number of aliphatic hydroxyl groups is 1. The summed E-state index contributed by atoms with van der Waals surface area (Å²) in [6.45, 7) is 5.67. The summed E-state index contributed by atoms with van der Waals surface area (Å²) in [7, 11) is 3.64. The molecule has 8 nitrogen and oxygen atoms in total. The topological polar surface area (TPSA) is 82.3 Å². The number of amides is 1. The lowest BCUT2D eigenvalue weighted by Crippen LogP contribution is -2.52. The van der Waals surface area contributed by atoms with Crippen LogP contribution in [0.1, 0.15) is 18.6 Å². The second-order valence-corrected chi connectivity index (χ2v) is 7.20. The maximum atomic E-state index is 12.4. The average Bonchev–Trinajstić information content (AvgIpc) is 3.22. The van der Waals surface area contributed by atoms with Crippen LogP contribution in [0.4, 0.5) is 0 Å². The third kappa shape index (κ3) is 4.71. The van der Waals surface area contributed by atoms with Crippen molar-refractivity contribution in [3.05, 3.63) is 11.8 Å². The molecule has 3 heterocycles. The van der Waals surface area contributed by atoms with Crippen LogP contribution in [-0.4, -0.2) is 96.4 Å². The molecule has 1 atom stereocenters. The Balaban J connectivity index is 1.45. The fourth-order valence-corrected chi connectivity index (χ4v) is 3.52.